The van der Waals surface area contributed by atoms with Crippen molar-refractivity contribution < 1.29 is 13.6 Å². The molecule has 0 heterocycles. The van der Waals surface area contributed by atoms with Crippen molar-refractivity contribution in [2.24, 2.45) is 0 Å². The maximum absolute atomic E-state index is 13.5. The van der Waals surface area contributed by atoms with Crippen LogP contribution in [0.2, 0.25) is 0 Å². The third kappa shape index (κ3) is 3.18. The lowest BCUT2D eigenvalue weighted by Crippen LogP contribution is -2.33. The molecule has 3 N–H and O–H groups in total. The summed E-state index contributed by atoms with van der Waals surface area (Å²) in [6.45, 7) is 1.66. The molecule has 1 atom stereocenters. The fraction of sp³-hybridized carbons (Fsp3) is 0.250. The number of halogens is 2. The van der Waals surface area contributed by atoms with Crippen LogP contribution in [-0.2, 0) is 0 Å². The van der Waals surface area contributed by atoms with E-state index in [0.717, 1.165) is 12.1 Å². The van der Waals surface area contributed by atoms with Crippen LogP contribution in [0, 0.1) is 24.0 Å². The van der Waals surface area contributed by atoms with Crippen LogP contribution in [0.4, 0.5) is 14.5 Å². The summed E-state index contributed by atoms with van der Waals surface area (Å²) in [4.78, 5) is 11.6. The smallest absolute Gasteiger partial charge is 0.254 e. The molecule has 1 aromatic rings. The molecule has 1 amide bonds. The Morgan fingerprint density at radius 1 is 1.59 bits per heavy atom. The number of nitrogens with one attached hydrogen (secondary N) is 1. The topological polar surface area (TPSA) is 55.1 Å². The summed E-state index contributed by atoms with van der Waals surface area (Å²) in [5.74, 6) is -0.0836. The molecule has 1 rings (SSSR count). The maximum Gasteiger partial charge on any atom is 0.254 e. The number of hydrogen-bond donors (Lipinski definition) is 2. The number of carbonyl (C=O) groups excluding carboxylic acids is 1. The van der Waals surface area contributed by atoms with Gasteiger partial charge in [0.2, 0.25) is 0 Å². The van der Waals surface area contributed by atoms with Crippen LogP contribution in [0.25, 0.3) is 0 Å². The SMILES string of the molecule is C#CCC(C)NC(=O)c1cc(F)cc(N)c1F. The van der Waals surface area contributed by atoms with Gasteiger partial charge in [0.05, 0.1) is 11.3 Å². The molecule has 0 bridgehead atoms. The summed E-state index contributed by atoms with van der Waals surface area (Å²) in [6.07, 6.45) is 5.37. The summed E-state index contributed by atoms with van der Waals surface area (Å²) in [5, 5.41) is 2.45. The second-order valence-corrected chi connectivity index (χ2v) is 3.64. The van der Waals surface area contributed by atoms with Crippen LogP contribution >= 0.6 is 0 Å². The Morgan fingerprint density at radius 3 is 2.82 bits per heavy atom. The number of anilines is 1. The minimum Gasteiger partial charge on any atom is -0.396 e. The first-order valence-electron chi connectivity index (χ1n) is 4.94. The Hall–Kier alpha value is -2.09. The van der Waals surface area contributed by atoms with E-state index in [0.29, 0.717) is 6.42 Å². The normalized spacial score (nSPS) is 11.6. The molecular weight excluding hydrogens is 226 g/mol. The van der Waals surface area contributed by atoms with Crippen molar-refractivity contribution in [2.45, 2.75) is 19.4 Å². The summed E-state index contributed by atoms with van der Waals surface area (Å²) < 4.78 is 26.5. The highest BCUT2D eigenvalue weighted by molar-refractivity contribution is 5.95. The Labute approximate surface area is 98.0 Å². The standard InChI is InChI=1S/C12H12F2N2O/c1-3-4-7(2)16-12(17)9-5-8(13)6-10(15)11(9)14/h1,5-7H,4,15H2,2H3,(H,16,17). The van der Waals surface area contributed by atoms with Gasteiger partial charge in [-0.2, -0.15) is 0 Å². The molecule has 0 spiro atoms. The Morgan fingerprint density at radius 2 is 2.24 bits per heavy atom. The number of nitrogens with two attached hydrogens (primary N) is 1. The molecule has 0 saturated carbocycles. The molecule has 3 nitrogen and oxygen atoms in total. The van der Waals surface area contributed by atoms with Gasteiger partial charge in [-0.15, -0.1) is 12.3 Å². The Bertz CT molecular complexity index is 480. The van der Waals surface area contributed by atoms with Crippen molar-refractivity contribution in [1.82, 2.24) is 5.32 Å². The van der Waals surface area contributed by atoms with Gasteiger partial charge in [-0.05, 0) is 19.1 Å². The maximum atomic E-state index is 13.5. The number of benzene rings is 1. The quantitative estimate of drug-likeness (QED) is 0.622. The van der Waals surface area contributed by atoms with Crippen molar-refractivity contribution in [3.8, 4) is 12.3 Å². The zero-order chi connectivity index (χ0) is 13.0. The van der Waals surface area contributed by atoms with Crippen molar-refractivity contribution in [2.75, 3.05) is 5.73 Å². The van der Waals surface area contributed by atoms with E-state index in [1.165, 1.54) is 0 Å². The van der Waals surface area contributed by atoms with Gasteiger partial charge in [-0.1, -0.05) is 0 Å². The average molecular weight is 238 g/mol. The van der Waals surface area contributed by atoms with Crippen molar-refractivity contribution in [3.63, 3.8) is 0 Å². The van der Waals surface area contributed by atoms with Crippen LogP contribution in [0.3, 0.4) is 0 Å². The highest BCUT2D eigenvalue weighted by atomic mass is 19.1. The molecule has 0 aliphatic rings. The summed E-state index contributed by atoms with van der Waals surface area (Å²) in [7, 11) is 0. The van der Waals surface area contributed by atoms with Crippen LogP contribution in [0.1, 0.15) is 23.7 Å². The number of nitrogen functional groups attached to an aromatic ring is 1. The van der Waals surface area contributed by atoms with Gasteiger partial charge in [0.1, 0.15) is 5.82 Å². The molecule has 0 aliphatic heterocycles. The number of rotatable bonds is 3. The van der Waals surface area contributed by atoms with Gasteiger partial charge in [0.25, 0.3) is 5.91 Å². The molecule has 0 radical (unpaired) electrons. The second kappa shape index (κ2) is 5.30. The van der Waals surface area contributed by atoms with Crippen LogP contribution in [-0.4, -0.2) is 11.9 Å². The first-order chi connectivity index (χ1) is 7.95. The van der Waals surface area contributed by atoms with Crippen molar-refractivity contribution >= 4 is 11.6 Å². The molecule has 1 unspecified atom stereocenters. The first-order valence-corrected chi connectivity index (χ1v) is 4.94. The highest BCUT2D eigenvalue weighted by Gasteiger charge is 2.17. The minimum absolute atomic E-state index is 0.304. The van der Waals surface area contributed by atoms with Gasteiger partial charge in [0, 0.05) is 12.5 Å². The van der Waals surface area contributed by atoms with Crippen LogP contribution in [0.5, 0.6) is 0 Å². The summed E-state index contributed by atoms with van der Waals surface area (Å²) in [6, 6.07) is 1.29. The number of terminal acetylenes is 1. The van der Waals surface area contributed by atoms with Gasteiger partial charge in [-0.25, -0.2) is 8.78 Å². The lowest BCUT2D eigenvalue weighted by molar-refractivity contribution is 0.0936. The Balaban J connectivity index is 2.94. The monoisotopic (exact) mass is 238 g/mol. The predicted octanol–water partition coefficient (Wildman–Crippen LogP) is 1.69. The fourth-order valence-electron chi connectivity index (χ4n) is 1.30. The lowest BCUT2D eigenvalue weighted by atomic mass is 10.1. The van der Waals surface area contributed by atoms with Gasteiger partial charge >= 0.3 is 0 Å². The highest BCUT2D eigenvalue weighted by Crippen LogP contribution is 2.17. The zero-order valence-corrected chi connectivity index (χ0v) is 9.26. The lowest BCUT2D eigenvalue weighted by Gasteiger charge is -2.12. The van der Waals surface area contributed by atoms with E-state index in [2.05, 4.69) is 11.2 Å². The largest absolute Gasteiger partial charge is 0.396 e. The molecule has 0 saturated heterocycles. The number of carbonyl (C=O) groups is 1. The third-order valence-corrected chi connectivity index (χ3v) is 2.11. The first kappa shape index (κ1) is 13.0. The predicted molar refractivity (Wildman–Crippen MR) is 61.1 cm³/mol. The van der Waals surface area contributed by atoms with E-state index in [4.69, 9.17) is 12.2 Å². The van der Waals surface area contributed by atoms with Gasteiger partial charge in [-0.3, -0.25) is 4.79 Å². The van der Waals surface area contributed by atoms with E-state index >= 15 is 0 Å². The van der Waals surface area contributed by atoms with Gasteiger partial charge in [0.15, 0.2) is 5.82 Å². The zero-order valence-electron chi connectivity index (χ0n) is 9.26. The molecule has 1 aromatic carbocycles. The molecule has 0 aliphatic carbocycles. The minimum atomic E-state index is -0.934. The van der Waals surface area contributed by atoms with Crippen molar-refractivity contribution in [1.29, 1.82) is 0 Å². The summed E-state index contributed by atoms with van der Waals surface area (Å²) >= 11 is 0. The molecular formula is C12H12F2N2O. The van der Waals surface area contributed by atoms with Crippen LogP contribution in [0.15, 0.2) is 12.1 Å². The number of hydrogen-bond acceptors (Lipinski definition) is 2. The van der Waals surface area contributed by atoms with Crippen molar-refractivity contribution in [3.05, 3.63) is 29.3 Å². The van der Waals surface area contributed by atoms with E-state index in [1.807, 2.05) is 0 Å². The Kier molecular flexibility index (Phi) is 4.05. The second-order valence-electron chi connectivity index (χ2n) is 3.64. The van der Waals surface area contributed by atoms with E-state index in [-0.39, 0.29) is 6.04 Å². The third-order valence-electron chi connectivity index (χ3n) is 2.11. The molecule has 90 valence electrons. The molecule has 5 heteroatoms. The van der Waals surface area contributed by atoms with Gasteiger partial charge < -0.3 is 11.1 Å². The van der Waals surface area contributed by atoms with Crippen LogP contribution < -0.4 is 11.1 Å². The molecule has 0 fully saturated rings. The fourth-order valence-corrected chi connectivity index (χ4v) is 1.30. The molecule has 17 heavy (non-hydrogen) atoms. The summed E-state index contributed by atoms with van der Waals surface area (Å²) in [5.41, 5.74) is 4.39. The van der Waals surface area contributed by atoms with E-state index in [1.54, 1.807) is 6.92 Å². The number of amides is 1. The van der Waals surface area contributed by atoms with E-state index in [9.17, 15) is 13.6 Å². The average Bonchev–Trinajstić information content (AvgIpc) is 2.23. The molecule has 0 aromatic heterocycles. The van der Waals surface area contributed by atoms with E-state index < -0.39 is 28.8 Å².